The number of pyridine rings is 2. The molecule has 18 heavy (non-hydrogen) atoms. The Bertz CT molecular complexity index is 439. The molecule has 2 heterocycles. The zero-order valence-electron chi connectivity index (χ0n) is 10.9. The minimum atomic E-state index is 0.662. The molecule has 0 aliphatic heterocycles. The molecule has 0 bridgehead atoms. The average molecular weight is 240 g/mol. The van der Waals surface area contributed by atoms with Crippen molar-refractivity contribution in [3.8, 4) is 0 Å². The zero-order valence-corrected chi connectivity index (χ0v) is 10.9. The van der Waals surface area contributed by atoms with Gasteiger partial charge in [0.1, 0.15) is 0 Å². The minimum Gasteiger partial charge on any atom is -0.265 e. The Balaban J connectivity index is 1.85. The molecule has 0 fully saturated rings. The van der Waals surface area contributed by atoms with Crippen molar-refractivity contribution in [1.29, 1.82) is 0 Å². The third-order valence-corrected chi connectivity index (χ3v) is 3.44. The molecule has 2 aromatic rings. The van der Waals surface area contributed by atoms with Crippen molar-refractivity contribution in [3.63, 3.8) is 0 Å². The molecule has 0 aliphatic rings. The lowest BCUT2D eigenvalue weighted by atomic mass is 9.91. The molecule has 0 saturated carbocycles. The predicted octanol–water partition coefficient (Wildman–Crippen LogP) is 3.99. The summed E-state index contributed by atoms with van der Waals surface area (Å²) in [4.78, 5) is 8.13. The van der Waals surface area contributed by atoms with Crippen molar-refractivity contribution in [2.75, 3.05) is 0 Å². The fourth-order valence-electron chi connectivity index (χ4n) is 2.34. The van der Waals surface area contributed by atoms with Gasteiger partial charge in [0.25, 0.3) is 0 Å². The van der Waals surface area contributed by atoms with E-state index >= 15 is 0 Å². The van der Waals surface area contributed by atoms with Crippen molar-refractivity contribution >= 4 is 0 Å². The second kappa shape index (κ2) is 6.90. The van der Waals surface area contributed by atoms with E-state index in [1.165, 1.54) is 30.4 Å². The van der Waals surface area contributed by atoms with E-state index in [-0.39, 0.29) is 0 Å². The maximum absolute atomic E-state index is 4.08. The topological polar surface area (TPSA) is 25.8 Å². The highest BCUT2D eigenvalue weighted by Gasteiger charge is 2.08. The number of hydrogen-bond donors (Lipinski definition) is 0. The molecular weight excluding hydrogens is 220 g/mol. The Morgan fingerprint density at radius 1 is 0.944 bits per heavy atom. The maximum Gasteiger partial charge on any atom is 0.0270 e. The zero-order chi connectivity index (χ0) is 12.6. The molecule has 0 radical (unpaired) electrons. The van der Waals surface area contributed by atoms with Gasteiger partial charge in [-0.15, -0.1) is 0 Å². The smallest absolute Gasteiger partial charge is 0.0270 e. The fourth-order valence-corrected chi connectivity index (χ4v) is 2.34. The molecule has 0 aromatic carbocycles. The first kappa shape index (κ1) is 12.7. The first-order valence-corrected chi connectivity index (χ1v) is 6.69. The van der Waals surface area contributed by atoms with Gasteiger partial charge in [-0.2, -0.15) is 0 Å². The summed E-state index contributed by atoms with van der Waals surface area (Å²) in [5.41, 5.74) is 2.80. The number of hydrogen-bond acceptors (Lipinski definition) is 2. The highest BCUT2D eigenvalue weighted by atomic mass is 14.6. The van der Waals surface area contributed by atoms with E-state index in [0.717, 1.165) is 6.42 Å². The molecule has 0 unspecified atom stereocenters. The van der Waals surface area contributed by atoms with Gasteiger partial charge in [-0.25, -0.2) is 0 Å². The summed E-state index contributed by atoms with van der Waals surface area (Å²) < 4.78 is 0. The molecule has 0 amide bonds. The molecule has 2 rings (SSSR count). The van der Waals surface area contributed by atoms with Crippen LogP contribution in [0.1, 0.15) is 43.2 Å². The summed E-state index contributed by atoms with van der Waals surface area (Å²) >= 11 is 0. The van der Waals surface area contributed by atoms with Crippen LogP contribution in [0.5, 0.6) is 0 Å². The van der Waals surface area contributed by atoms with Crippen LogP contribution in [-0.4, -0.2) is 9.97 Å². The van der Waals surface area contributed by atoms with Gasteiger partial charge >= 0.3 is 0 Å². The van der Waals surface area contributed by atoms with Gasteiger partial charge in [0, 0.05) is 24.8 Å². The number of aryl methyl sites for hydroxylation is 1. The van der Waals surface area contributed by atoms with Crippen LogP contribution >= 0.6 is 0 Å². The van der Waals surface area contributed by atoms with Gasteiger partial charge in [-0.3, -0.25) is 9.97 Å². The van der Waals surface area contributed by atoms with Crippen molar-refractivity contribution in [3.05, 3.63) is 60.2 Å². The van der Waals surface area contributed by atoms with E-state index in [4.69, 9.17) is 0 Å². The Morgan fingerprint density at radius 3 is 2.17 bits per heavy atom. The molecular formula is C16H20N2. The van der Waals surface area contributed by atoms with E-state index in [1.807, 2.05) is 24.8 Å². The van der Waals surface area contributed by atoms with Crippen LogP contribution in [0.15, 0.2) is 49.1 Å². The first-order chi connectivity index (χ1) is 8.90. The molecule has 0 aliphatic carbocycles. The van der Waals surface area contributed by atoms with Crippen LogP contribution in [0.4, 0.5) is 0 Å². The molecule has 94 valence electrons. The molecule has 1 atom stereocenters. The van der Waals surface area contributed by atoms with Gasteiger partial charge in [0.15, 0.2) is 0 Å². The maximum atomic E-state index is 4.08. The van der Waals surface area contributed by atoms with E-state index in [0.29, 0.717) is 5.92 Å². The summed E-state index contributed by atoms with van der Waals surface area (Å²) in [6.07, 6.45) is 12.3. The van der Waals surface area contributed by atoms with E-state index < -0.39 is 0 Å². The summed E-state index contributed by atoms with van der Waals surface area (Å²) in [6.45, 7) is 2.26. The van der Waals surface area contributed by atoms with E-state index in [1.54, 1.807) is 0 Å². The summed E-state index contributed by atoms with van der Waals surface area (Å²) in [6, 6.07) is 8.49. The molecule has 0 saturated heterocycles. The van der Waals surface area contributed by atoms with Crippen molar-refractivity contribution in [2.24, 2.45) is 0 Å². The Kier molecular flexibility index (Phi) is 4.88. The van der Waals surface area contributed by atoms with Crippen molar-refractivity contribution in [1.82, 2.24) is 9.97 Å². The molecule has 2 heteroatoms. The third kappa shape index (κ3) is 3.66. The minimum absolute atomic E-state index is 0.662. The predicted molar refractivity (Wildman–Crippen MR) is 74.4 cm³/mol. The first-order valence-electron chi connectivity index (χ1n) is 6.69. The normalized spacial score (nSPS) is 12.3. The van der Waals surface area contributed by atoms with E-state index in [2.05, 4.69) is 41.2 Å². The second-order valence-corrected chi connectivity index (χ2v) is 4.63. The van der Waals surface area contributed by atoms with Crippen LogP contribution in [0.25, 0.3) is 0 Å². The Hall–Kier alpha value is -1.70. The average Bonchev–Trinajstić information content (AvgIpc) is 2.46. The van der Waals surface area contributed by atoms with Crippen molar-refractivity contribution in [2.45, 2.75) is 38.5 Å². The van der Waals surface area contributed by atoms with Gasteiger partial charge < -0.3 is 0 Å². The molecule has 2 aromatic heterocycles. The quantitative estimate of drug-likeness (QED) is 0.763. The summed E-state index contributed by atoms with van der Waals surface area (Å²) in [5, 5.41) is 0. The SMILES string of the molecule is CC[C@@H](CCCc1ccncc1)c1ccncc1. The third-order valence-electron chi connectivity index (χ3n) is 3.44. The van der Waals surface area contributed by atoms with E-state index in [9.17, 15) is 0 Å². The molecule has 0 spiro atoms. The standard InChI is InChI=1S/C16H20N2/c1-2-15(16-8-12-18-13-9-16)5-3-4-14-6-10-17-11-7-14/h6-13,15H,2-5H2,1H3/t15-/m0/s1. The van der Waals surface area contributed by atoms with Crippen LogP contribution in [-0.2, 0) is 6.42 Å². The molecule has 0 N–H and O–H groups in total. The van der Waals surface area contributed by atoms with Gasteiger partial charge in [0.2, 0.25) is 0 Å². The highest BCUT2D eigenvalue weighted by Crippen LogP contribution is 2.24. The van der Waals surface area contributed by atoms with Crippen LogP contribution in [0.2, 0.25) is 0 Å². The van der Waals surface area contributed by atoms with Gasteiger partial charge in [-0.1, -0.05) is 6.92 Å². The summed E-state index contributed by atoms with van der Waals surface area (Å²) in [7, 11) is 0. The Morgan fingerprint density at radius 2 is 1.56 bits per heavy atom. The monoisotopic (exact) mass is 240 g/mol. The Labute approximate surface area is 109 Å². The lowest BCUT2D eigenvalue weighted by molar-refractivity contribution is 0.575. The molecule has 2 nitrogen and oxygen atoms in total. The van der Waals surface area contributed by atoms with Gasteiger partial charge in [0.05, 0.1) is 0 Å². The van der Waals surface area contributed by atoms with Crippen LogP contribution in [0.3, 0.4) is 0 Å². The summed E-state index contributed by atoms with van der Waals surface area (Å²) in [5.74, 6) is 0.662. The highest BCUT2D eigenvalue weighted by molar-refractivity contribution is 5.16. The largest absolute Gasteiger partial charge is 0.265 e. The van der Waals surface area contributed by atoms with Crippen molar-refractivity contribution < 1.29 is 0 Å². The van der Waals surface area contributed by atoms with Gasteiger partial charge in [-0.05, 0) is 67.0 Å². The van der Waals surface area contributed by atoms with Crippen LogP contribution in [0, 0.1) is 0 Å². The lowest BCUT2D eigenvalue weighted by Crippen LogP contribution is -1.99. The number of aromatic nitrogens is 2. The number of nitrogens with zero attached hydrogens (tertiary/aromatic N) is 2. The fraction of sp³-hybridized carbons (Fsp3) is 0.375. The second-order valence-electron chi connectivity index (χ2n) is 4.63. The number of rotatable bonds is 6. The lowest BCUT2D eigenvalue weighted by Gasteiger charge is -2.14. The van der Waals surface area contributed by atoms with Crippen LogP contribution < -0.4 is 0 Å².